The van der Waals surface area contributed by atoms with Crippen LogP contribution in [0.5, 0.6) is 0 Å². The van der Waals surface area contributed by atoms with Gasteiger partial charge in [-0.1, -0.05) is 6.07 Å². The minimum Gasteiger partial charge on any atom is -0.477 e. The lowest BCUT2D eigenvalue weighted by Gasteiger charge is -2.15. The maximum Gasteiger partial charge on any atom is 0.416 e. The predicted octanol–water partition coefficient (Wildman–Crippen LogP) is 2.91. The molecule has 10 heteroatoms. The number of carboxylic acid groups (broad SMARTS) is 1. The zero-order valence-corrected chi connectivity index (χ0v) is 13.1. The third kappa shape index (κ3) is 2.96. The van der Waals surface area contributed by atoms with E-state index in [9.17, 15) is 27.9 Å². The molecule has 3 rings (SSSR count). The normalized spacial score (nSPS) is 11.5. The van der Waals surface area contributed by atoms with Crippen LogP contribution in [-0.4, -0.2) is 25.8 Å². The maximum absolute atomic E-state index is 13.0. The Kier molecular flexibility index (Phi) is 4.10. The molecule has 0 atom stereocenters. The molecular weight excluding hydrogens is 355 g/mol. The van der Waals surface area contributed by atoms with Gasteiger partial charge in [0.25, 0.3) is 5.56 Å². The Balaban J connectivity index is 2.34. The number of halogens is 3. The van der Waals surface area contributed by atoms with E-state index >= 15 is 0 Å². The summed E-state index contributed by atoms with van der Waals surface area (Å²) >= 11 is 0. The van der Waals surface area contributed by atoms with E-state index in [1.807, 2.05) is 0 Å². The average molecular weight is 365 g/mol. The van der Waals surface area contributed by atoms with E-state index in [0.717, 1.165) is 35.2 Å². The predicted molar refractivity (Wildman–Crippen MR) is 82.0 cm³/mol. The van der Waals surface area contributed by atoms with Crippen molar-refractivity contribution in [2.75, 3.05) is 0 Å². The quantitative estimate of drug-likeness (QED) is 0.766. The molecule has 0 unspecified atom stereocenters. The van der Waals surface area contributed by atoms with Crippen molar-refractivity contribution in [3.8, 4) is 17.1 Å². The minimum atomic E-state index is -4.62. The summed E-state index contributed by atoms with van der Waals surface area (Å²) in [6.07, 6.45) is -3.61. The molecule has 7 nitrogen and oxygen atoms in total. The van der Waals surface area contributed by atoms with Gasteiger partial charge in [0, 0.05) is 11.4 Å². The average Bonchev–Trinajstić information content (AvgIpc) is 3.08. The van der Waals surface area contributed by atoms with Crippen LogP contribution in [0, 0.1) is 6.92 Å². The second-order valence-electron chi connectivity index (χ2n) is 5.29. The number of benzene rings is 1. The summed E-state index contributed by atoms with van der Waals surface area (Å²) in [7, 11) is 0. The van der Waals surface area contributed by atoms with Crippen molar-refractivity contribution in [1.29, 1.82) is 0 Å². The molecule has 0 aliphatic rings. The summed E-state index contributed by atoms with van der Waals surface area (Å²) in [4.78, 5) is 24.0. The van der Waals surface area contributed by atoms with E-state index in [1.54, 1.807) is 0 Å². The highest BCUT2D eigenvalue weighted by Gasteiger charge is 2.31. The minimum absolute atomic E-state index is 0.0641. The Morgan fingerprint density at radius 1 is 1.27 bits per heavy atom. The van der Waals surface area contributed by atoms with Crippen LogP contribution in [0.2, 0.25) is 0 Å². The van der Waals surface area contributed by atoms with Crippen LogP contribution < -0.4 is 5.56 Å². The van der Waals surface area contributed by atoms with Crippen LogP contribution in [0.1, 0.15) is 21.6 Å². The van der Waals surface area contributed by atoms with Gasteiger partial charge in [-0.2, -0.15) is 13.2 Å². The molecule has 2 heterocycles. The fraction of sp³-hybridized carbons (Fsp3) is 0.125. The molecule has 134 valence electrons. The molecule has 2 aromatic heterocycles. The summed E-state index contributed by atoms with van der Waals surface area (Å²) in [5.74, 6) is -1.60. The molecule has 0 saturated carbocycles. The number of rotatable bonds is 3. The lowest BCUT2D eigenvalue weighted by molar-refractivity contribution is -0.137. The van der Waals surface area contributed by atoms with Gasteiger partial charge in [-0.3, -0.25) is 9.36 Å². The largest absolute Gasteiger partial charge is 0.477 e. The zero-order chi connectivity index (χ0) is 19.1. The topological polar surface area (TPSA) is 98.2 Å². The van der Waals surface area contributed by atoms with Gasteiger partial charge in [0.2, 0.25) is 12.3 Å². The number of hydrogen-bond donors (Lipinski definition) is 1. The van der Waals surface area contributed by atoms with Crippen molar-refractivity contribution in [2.24, 2.45) is 0 Å². The molecular formula is C16H10F3N3O4. The molecule has 3 aromatic rings. The standard InChI is InChI=1S/C16H10F3N3O4/c1-8-11(13-21-20-7-26-13)6-12(15(24)25)14(23)22(8)10-4-2-3-9(5-10)16(17,18)19/h2-7H,1H3,(H,24,25). The molecule has 1 N–H and O–H groups in total. The van der Waals surface area contributed by atoms with Crippen molar-refractivity contribution in [2.45, 2.75) is 13.1 Å². The highest BCUT2D eigenvalue weighted by molar-refractivity contribution is 5.89. The Labute approximate surface area is 143 Å². The number of aromatic nitrogens is 3. The Hall–Kier alpha value is -3.43. The number of alkyl halides is 3. The lowest BCUT2D eigenvalue weighted by Crippen LogP contribution is -2.27. The number of hydrogen-bond acceptors (Lipinski definition) is 5. The van der Waals surface area contributed by atoms with Gasteiger partial charge in [0.05, 0.1) is 11.1 Å². The second-order valence-corrected chi connectivity index (χ2v) is 5.29. The van der Waals surface area contributed by atoms with Crippen LogP contribution in [0.25, 0.3) is 17.1 Å². The summed E-state index contributed by atoms with van der Waals surface area (Å²) in [6, 6.07) is 5.07. The Morgan fingerprint density at radius 3 is 2.58 bits per heavy atom. The van der Waals surface area contributed by atoms with Crippen LogP contribution in [0.3, 0.4) is 0 Å². The third-order valence-electron chi connectivity index (χ3n) is 3.70. The maximum atomic E-state index is 13.0. The lowest BCUT2D eigenvalue weighted by atomic mass is 10.1. The summed E-state index contributed by atoms with van der Waals surface area (Å²) in [5.41, 5.74) is -2.44. The molecule has 0 amide bonds. The number of carbonyl (C=O) groups is 1. The van der Waals surface area contributed by atoms with Crippen molar-refractivity contribution >= 4 is 5.97 Å². The first-order chi connectivity index (χ1) is 12.2. The van der Waals surface area contributed by atoms with Gasteiger partial charge >= 0.3 is 12.1 Å². The molecule has 0 saturated heterocycles. The van der Waals surface area contributed by atoms with Gasteiger partial charge < -0.3 is 9.52 Å². The van der Waals surface area contributed by atoms with Gasteiger partial charge in [-0.15, -0.1) is 10.2 Å². The monoisotopic (exact) mass is 365 g/mol. The molecule has 0 aliphatic heterocycles. The fourth-order valence-corrected chi connectivity index (χ4v) is 2.50. The van der Waals surface area contributed by atoms with Gasteiger partial charge in [-0.25, -0.2) is 4.79 Å². The first-order valence-corrected chi connectivity index (χ1v) is 7.14. The van der Waals surface area contributed by atoms with Crippen molar-refractivity contribution in [3.05, 3.63) is 63.9 Å². The zero-order valence-electron chi connectivity index (χ0n) is 13.1. The van der Waals surface area contributed by atoms with Gasteiger partial charge in [-0.05, 0) is 31.2 Å². The molecule has 0 spiro atoms. The Bertz CT molecular complexity index is 1040. The highest BCUT2D eigenvalue weighted by atomic mass is 19.4. The summed E-state index contributed by atoms with van der Waals surface area (Å²) < 4.78 is 44.8. The molecule has 0 bridgehead atoms. The summed E-state index contributed by atoms with van der Waals surface area (Å²) in [6.45, 7) is 1.44. The van der Waals surface area contributed by atoms with Crippen LogP contribution in [-0.2, 0) is 6.18 Å². The smallest absolute Gasteiger partial charge is 0.416 e. The van der Waals surface area contributed by atoms with Crippen LogP contribution >= 0.6 is 0 Å². The van der Waals surface area contributed by atoms with Crippen LogP contribution in [0.4, 0.5) is 13.2 Å². The molecule has 1 aromatic carbocycles. The van der Waals surface area contributed by atoms with Crippen molar-refractivity contribution in [1.82, 2.24) is 14.8 Å². The molecule has 0 fully saturated rings. The van der Waals surface area contributed by atoms with Crippen molar-refractivity contribution < 1.29 is 27.5 Å². The SMILES string of the molecule is Cc1c(-c2nnco2)cc(C(=O)O)c(=O)n1-c1cccc(C(F)(F)F)c1. The van der Waals surface area contributed by atoms with Crippen LogP contribution in [0.15, 0.2) is 45.9 Å². The molecule has 0 radical (unpaired) electrons. The molecule has 26 heavy (non-hydrogen) atoms. The number of nitrogens with zero attached hydrogens (tertiary/aromatic N) is 3. The van der Waals surface area contributed by atoms with Gasteiger partial charge in [0.15, 0.2) is 0 Å². The highest BCUT2D eigenvalue weighted by Crippen LogP contribution is 2.31. The van der Waals surface area contributed by atoms with E-state index in [4.69, 9.17) is 4.42 Å². The summed E-state index contributed by atoms with van der Waals surface area (Å²) in [5, 5.41) is 16.4. The first-order valence-electron chi connectivity index (χ1n) is 7.14. The second kappa shape index (κ2) is 6.14. The van der Waals surface area contributed by atoms with E-state index in [1.165, 1.54) is 13.0 Å². The van der Waals surface area contributed by atoms with Gasteiger partial charge in [0.1, 0.15) is 5.56 Å². The van der Waals surface area contributed by atoms with E-state index in [2.05, 4.69) is 10.2 Å². The van der Waals surface area contributed by atoms with E-state index < -0.39 is 28.8 Å². The van der Waals surface area contributed by atoms with E-state index in [0.29, 0.717) is 0 Å². The first kappa shape index (κ1) is 17.4. The fourth-order valence-electron chi connectivity index (χ4n) is 2.50. The number of carboxylic acids is 1. The van der Waals surface area contributed by atoms with E-state index in [-0.39, 0.29) is 22.8 Å². The number of pyridine rings is 1. The van der Waals surface area contributed by atoms with Crippen molar-refractivity contribution in [3.63, 3.8) is 0 Å². The number of aromatic carboxylic acids is 1. The molecule has 0 aliphatic carbocycles. The third-order valence-corrected chi connectivity index (χ3v) is 3.70. The Morgan fingerprint density at radius 2 is 2.00 bits per heavy atom.